The molecule has 0 saturated carbocycles. The summed E-state index contributed by atoms with van der Waals surface area (Å²) >= 11 is 0. The minimum atomic E-state index is -0.350. The number of carbonyl (C=O) groups is 1. The highest BCUT2D eigenvalue weighted by Gasteiger charge is 2.22. The molecule has 1 aromatic carbocycles. The standard InChI is InChI=1S/C12H16FN3O/c13-9-2-1-3-11(6-9)15-12(17)4-5-16-7-10(14)8-16/h1-3,6,10H,4-5,7-8,14H2,(H,15,17). The highest BCUT2D eigenvalue weighted by molar-refractivity contribution is 5.90. The summed E-state index contributed by atoms with van der Waals surface area (Å²) in [5.74, 6) is -0.451. The number of hydrogen-bond donors (Lipinski definition) is 2. The lowest BCUT2D eigenvalue weighted by Gasteiger charge is -2.36. The van der Waals surface area contributed by atoms with E-state index in [0.717, 1.165) is 13.1 Å². The van der Waals surface area contributed by atoms with E-state index in [0.29, 0.717) is 18.7 Å². The maximum Gasteiger partial charge on any atom is 0.225 e. The summed E-state index contributed by atoms with van der Waals surface area (Å²) in [6.07, 6.45) is 0.406. The summed E-state index contributed by atoms with van der Waals surface area (Å²) in [6.45, 7) is 2.41. The van der Waals surface area contributed by atoms with Crippen molar-refractivity contribution < 1.29 is 9.18 Å². The molecule has 0 aromatic heterocycles. The molecule has 17 heavy (non-hydrogen) atoms. The minimum Gasteiger partial charge on any atom is -0.326 e. The van der Waals surface area contributed by atoms with Crippen LogP contribution in [0.5, 0.6) is 0 Å². The Morgan fingerprint density at radius 3 is 2.94 bits per heavy atom. The van der Waals surface area contributed by atoms with E-state index < -0.39 is 0 Å². The minimum absolute atomic E-state index is 0.101. The Labute approximate surface area is 99.6 Å². The molecular weight excluding hydrogens is 221 g/mol. The third-order valence-corrected chi connectivity index (χ3v) is 2.75. The molecular formula is C12H16FN3O. The van der Waals surface area contributed by atoms with Crippen molar-refractivity contribution in [2.24, 2.45) is 5.73 Å². The summed E-state index contributed by atoms with van der Waals surface area (Å²) in [4.78, 5) is 13.7. The van der Waals surface area contributed by atoms with Crippen LogP contribution in [0, 0.1) is 5.82 Å². The van der Waals surface area contributed by atoms with Gasteiger partial charge in [-0.2, -0.15) is 0 Å². The van der Waals surface area contributed by atoms with Crippen LogP contribution in [0.15, 0.2) is 24.3 Å². The van der Waals surface area contributed by atoms with E-state index in [1.54, 1.807) is 12.1 Å². The number of nitrogens with two attached hydrogens (primary N) is 1. The molecule has 1 fully saturated rings. The largest absolute Gasteiger partial charge is 0.326 e. The van der Waals surface area contributed by atoms with E-state index in [4.69, 9.17) is 5.73 Å². The van der Waals surface area contributed by atoms with Gasteiger partial charge in [-0.15, -0.1) is 0 Å². The maximum absolute atomic E-state index is 12.9. The number of benzene rings is 1. The highest BCUT2D eigenvalue weighted by Crippen LogP contribution is 2.10. The van der Waals surface area contributed by atoms with Crippen LogP contribution in [0.2, 0.25) is 0 Å². The van der Waals surface area contributed by atoms with E-state index >= 15 is 0 Å². The van der Waals surface area contributed by atoms with Crippen molar-refractivity contribution in [3.63, 3.8) is 0 Å². The Bertz CT molecular complexity index is 404. The molecule has 1 heterocycles. The Hall–Kier alpha value is -1.46. The van der Waals surface area contributed by atoms with Gasteiger partial charge in [0.15, 0.2) is 0 Å². The summed E-state index contributed by atoms with van der Waals surface area (Å²) in [7, 11) is 0. The van der Waals surface area contributed by atoms with Gasteiger partial charge >= 0.3 is 0 Å². The van der Waals surface area contributed by atoms with Crippen LogP contribution < -0.4 is 11.1 Å². The van der Waals surface area contributed by atoms with Crippen molar-refractivity contribution in [3.05, 3.63) is 30.1 Å². The topological polar surface area (TPSA) is 58.4 Å². The Morgan fingerprint density at radius 2 is 2.29 bits per heavy atom. The van der Waals surface area contributed by atoms with Crippen molar-refractivity contribution in [2.75, 3.05) is 25.0 Å². The maximum atomic E-state index is 12.9. The van der Waals surface area contributed by atoms with Crippen molar-refractivity contribution in [1.82, 2.24) is 4.90 Å². The van der Waals surface area contributed by atoms with E-state index in [9.17, 15) is 9.18 Å². The van der Waals surface area contributed by atoms with Gasteiger partial charge < -0.3 is 11.1 Å². The fourth-order valence-corrected chi connectivity index (χ4v) is 1.84. The molecule has 5 heteroatoms. The lowest BCUT2D eigenvalue weighted by Crippen LogP contribution is -2.56. The third kappa shape index (κ3) is 3.51. The molecule has 4 nitrogen and oxygen atoms in total. The number of anilines is 1. The second-order valence-corrected chi connectivity index (χ2v) is 4.33. The van der Waals surface area contributed by atoms with Gasteiger partial charge in [0.25, 0.3) is 0 Å². The number of hydrogen-bond acceptors (Lipinski definition) is 3. The predicted molar refractivity (Wildman–Crippen MR) is 64.1 cm³/mol. The average Bonchev–Trinajstić information content (AvgIpc) is 2.23. The number of rotatable bonds is 4. The van der Waals surface area contributed by atoms with Crippen molar-refractivity contribution in [3.8, 4) is 0 Å². The van der Waals surface area contributed by atoms with Crippen LogP contribution in [0.1, 0.15) is 6.42 Å². The van der Waals surface area contributed by atoms with Gasteiger partial charge in [-0.3, -0.25) is 9.69 Å². The zero-order chi connectivity index (χ0) is 12.3. The van der Waals surface area contributed by atoms with E-state index in [1.807, 2.05) is 0 Å². The van der Waals surface area contributed by atoms with Gasteiger partial charge in [0, 0.05) is 37.8 Å². The van der Waals surface area contributed by atoms with E-state index in [-0.39, 0.29) is 17.8 Å². The Balaban J connectivity index is 1.73. The first kappa shape index (κ1) is 12.0. The van der Waals surface area contributed by atoms with Crippen LogP contribution in [0.25, 0.3) is 0 Å². The summed E-state index contributed by atoms with van der Waals surface area (Å²) < 4.78 is 12.9. The first-order valence-corrected chi connectivity index (χ1v) is 5.67. The lowest BCUT2D eigenvalue weighted by molar-refractivity contribution is -0.116. The molecule has 0 radical (unpaired) electrons. The second kappa shape index (κ2) is 5.25. The molecule has 0 unspecified atom stereocenters. The molecule has 1 aliphatic heterocycles. The van der Waals surface area contributed by atoms with Gasteiger partial charge in [0.1, 0.15) is 5.82 Å². The first-order valence-electron chi connectivity index (χ1n) is 5.67. The fraction of sp³-hybridized carbons (Fsp3) is 0.417. The van der Waals surface area contributed by atoms with Crippen molar-refractivity contribution in [1.29, 1.82) is 0 Å². The molecule has 1 aromatic rings. The van der Waals surface area contributed by atoms with Gasteiger partial charge in [0.2, 0.25) is 5.91 Å². The average molecular weight is 237 g/mol. The SMILES string of the molecule is NC1CN(CCC(=O)Nc2cccc(F)c2)C1. The molecule has 0 spiro atoms. The number of likely N-dealkylation sites (tertiary alicyclic amines) is 1. The number of carbonyl (C=O) groups excluding carboxylic acids is 1. The second-order valence-electron chi connectivity index (χ2n) is 4.33. The molecule has 1 aliphatic rings. The van der Waals surface area contributed by atoms with Crippen molar-refractivity contribution in [2.45, 2.75) is 12.5 Å². The van der Waals surface area contributed by atoms with E-state index in [1.165, 1.54) is 12.1 Å². The van der Waals surface area contributed by atoms with E-state index in [2.05, 4.69) is 10.2 Å². The molecule has 3 N–H and O–H groups in total. The first-order chi connectivity index (χ1) is 8.13. The van der Waals surface area contributed by atoms with Crippen LogP contribution >= 0.6 is 0 Å². The molecule has 0 bridgehead atoms. The molecule has 92 valence electrons. The van der Waals surface area contributed by atoms with Crippen LogP contribution in [-0.2, 0) is 4.79 Å². The number of halogens is 1. The lowest BCUT2D eigenvalue weighted by atomic mass is 10.1. The normalized spacial score (nSPS) is 16.6. The monoisotopic (exact) mass is 237 g/mol. The molecule has 2 rings (SSSR count). The summed E-state index contributed by atoms with van der Waals surface area (Å²) in [5, 5.41) is 2.66. The van der Waals surface area contributed by atoms with Gasteiger partial charge in [-0.1, -0.05) is 6.07 Å². The number of nitrogens with zero attached hydrogens (tertiary/aromatic N) is 1. The summed E-state index contributed by atoms with van der Waals surface area (Å²) in [5.41, 5.74) is 6.13. The molecule has 0 atom stereocenters. The molecule has 0 aliphatic carbocycles. The predicted octanol–water partition coefficient (Wildman–Crippen LogP) is 0.797. The summed E-state index contributed by atoms with van der Waals surface area (Å²) in [6, 6.07) is 6.13. The number of amides is 1. The molecule has 1 saturated heterocycles. The van der Waals surface area contributed by atoms with Crippen LogP contribution in [-0.4, -0.2) is 36.5 Å². The highest BCUT2D eigenvalue weighted by atomic mass is 19.1. The molecule has 1 amide bonds. The van der Waals surface area contributed by atoms with Gasteiger partial charge in [0.05, 0.1) is 0 Å². The van der Waals surface area contributed by atoms with Crippen molar-refractivity contribution >= 4 is 11.6 Å². The Kier molecular flexibility index (Phi) is 3.71. The van der Waals surface area contributed by atoms with Gasteiger partial charge in [-0.05, 0) is 18.2 Å². The quantitative estimate of drug-likeness (QED) is 0.814. The Morgan fingerprint density at radius 1 is 1.53 bits per heavy atom. The number of nitrogens with one attached hydrogen (secondary N) is 1. The zero-order valence-corrected chi connectivity index (χ0v) is 9.53. The zero-order valence-electron chi connectivity index (χ0n) is 9.53. The third-order valence-electron chi connectivity index (χ3n) is 2.75. The van der Waals surface area contributed by atoms with Crippen LogP contribution in [0.4, 0.5) is 10.1 Å². The smallest absolute Gasteiger partial charge is 0.225 e. The van der Waals surface area contributed by atoms with Crippen LogP contribution in [0.3, 0.4) is 0 Å². The van der Waals surface area contributed by atoms with Gasteiger partial charge in [-0.25, -0.2) is 4.39 Å². The fourth-order valence-electron chi connectivity index (χ4n) is 1.84.